The van der Waals surface area contributed by atoms with Crippen LogP contribution >= 0.6 is 11.6 Å². The number of hydrogen-bond acceptors (Lipinski definition) is 3. The van der Waals surface area contributed by atoms with Gasteiger partial charge >= 0.3 is 0 Å². The van der Waals surface area contributed by atoms with Gasteiger partial charge in [-0.2, -0.15) is 5.10 Å². The topological polar surface area (TPSA) is 42.7 Å². The van der Waals surface area contributed by atoms with E-state index in [9.17, 15) is 0 Å². The van der Waals surface area contributed by atoms with Crippen LogP contribution in [0.1, 0.15) is 32.0 Å². The molecule has 0 fully saturated rings. The highest BCUT2D eigenvalue weighted by Crippen LogP contribution is 2.13. The Hall–Kier alpha value is -1.39. The Morgan fingerprint density at radius 3 is 2.63 bits per heavy atom. The zero-order valence-corrected chi connectivity index (χ0v) is 12.5. The molecule has 2 aromatic rings. The van der Waals surface area contributed by atoms with Crippen molar-refractivity contribution in [2.24, 2.45) is 0 Å². The molecule has 0 aliphatic rings. The van der Waals surface area contributed by atoms with Gasteiger partial charge in [-0.1, -0.05) is 11.6 Å². The molecule has 0 radical (unpaired) electrons. The van der Waals surface area contributed by atoms with Gasteiger partial charge in [0.2, 0.25) is 0 Å². The molecule has 0 spiro atoms. The van der Waals surface area contributed by atoms with Crippen LogP contribution < -0.4 is 5.32 Å². The lowest BCUT2D eigenvalue weighted by atomic mass is 10.1. The SMILES string of the molecule is Cc1cc(CNC(C)(C)C)cc(-n2cc(Cl)cn2)n1. The summed E-state index contributed by atoms with van der Waals surface area (Å²) < 4.78 is 1.69. The van der Waals surface area contributed by atoms with Gasteiger partial charge in [0.05, 0.1) is 17.4 Å². The highest BCUT2D eigenvalue weighted by molar-refractivity contribution is 6.30. The summed E-state index contributed by atoms with van der Waals surface area (Å²) in [6, 6.07) is 4.10. The Morgan fingerprint density at radius 2 is 2.05 bits per heavy atom. The van der Waals surface area contributed by atoms with Crippen molar-refractivity contribution in [2.45, 2.75) is 39.8 Å². The highest BCUT2D eigenvalue weighted by Gasteiger charge is 2.10. The van der Waals surface area contributed by atoms with Crippen molar-refractivity contribution in [1.82, 2.24) is 20.1 Å². The van der Waals surface area contributed by atoms with E-state index in [2.05, 4.69) is 42.2 Å². The number of rotatable bonds is 3. The molecule has 2 rings (SSSR count). The van der Waals surface area contributed by atoms with E-state index < -0.39 is 0 Å². The van der Waals surface area contributed by atoms with E-state index in [-0.39, 0.29) is 5.54 Å². The quantitative estimate of drug-likeness (QED) is 0.938. The van der Waals surface area contributed by atoms with Crippen molar-refractivity contribution in [3.8, 4) is 5.82 Å². The van der Waals surface area contributed by atoms with Crippen LogP contribution in [0.15, 0.2) is 24.5 Å². The second-order valence-electron chi connectivity index (χ2n) is 5.68. The number of aromatic nitrogens is 3. The predicted molar refractivity (Wildman–Crippen MR) is 77.7 cm³/mol. The third-order valence-electron chi connectivity index (χ3n) is 2.61. The minimum absolute atomic E-state index is 0.0896. The zero-order chi connectivity index (χ0) is 14.0. The lowest BCUT2D eigenvalue weighted by molar-refractivity contribution is 0.424. The van der Waals surface area contributed by atoms with Crippen LogP contribution in [0.4, 0.5) is 0 Å². The van der Waals surface area contributed by atoms with Gasteiger partial charge < -0.3 is 5.32 Å². The van der Waals surface area contributed by atoms with Gasteiger partial charge in [0.15, 0.2) is 5.82 Å². The van der Waals surface area contributed by atoms with Crippen LogP contribution in [-0.2, 0) is 6.54 Å². The van der Waals surface area contributed by atoms with Crippen molar-refractivity contribution in [2.75, 3.05) is 0 Å². The Morgan fingerprint density at radius 1 is 1.32 bits per heavy atom. The Balaban J connectivity index is 2.25. The molecule has 102 valence electrons. The summed E-state index contributed by atoms with van der Waals surface area (Å²) in [7, 11) is 0. The van der Waals surface area contributed by atoms with Crippen LogP contribution in [0.25, 0.3) is 5.82 Å². The molecule has 2 aromatic heterocycles. The minimum atomic E-state index is 0.0896. The number of pyridine rings is 1. The molecule has 0 aromatic carbocycles. The average molecular weight is 279 g/mol. The van der Waals surface area contributed by atoms with Crippen LogP contribution in [0.3, 0.4) is 0 Å². The lowest BCUT2D eigenvalue weighted by Crippen LogP contribution is -2.35. The first kappa shape index (κ1) is 14.0. The van der Waals surface area contributed by atoms with Crippen molar-refractivity contribution < 1.29 is 0 Å². The number of nitrogens with zero attached hydrogens (tertiary/aromatic N) is 3. The Bertz CT molecular complexity index is 569. The normalized spacial score (nSPS) is 11.8. The second-order valence-corrected chi connectivity index (χ2v) is 6.12. The molecule has 19 heavy (non-hydrogen) atoms. The van der Waals surface area contributed by atoms with Gasteiger partial charge in [0.25, 0.3) is 0 Å². The van der Waals surface area contributed by atoms with Gasteiger partial charge in [0, 0.05) is 17.8 Å². The third-order valence-corrected chi connectivity index (χ3v) is 2.80. The summed E-state index contributed by atoms with van der Waals surface area (Å²) in [6.45, 7) is 9.23. The summed E-state index contributed by atoms with van der Waals surface area (Å²) in [5, 5.41) is 8.25. The van der Waals surface area contributed by atoms with Crippen LogP contribution in [0.2, 0.25) is 5.02 Å². The van der Waals surface area contributed by atoms with E-state index in [1.54, 1.807) is 17.1 Å². The first-order valence-electron chi connectivity index (χ1n) is 6.27. The summed E-state index contributed by atoms with van der Waals surface area (Å²) in [6.07, 6.45) is 3.36. The Kier molecular flexibility index (Phi) is 3.92. The zero-order valence-electron chi connectivity index (χ0n) is 11.7. The molecular formula is C14H19ClN4. The van der Waals surface area contributed by atoms with E-state index in [4.69, 9.17) is 11.6 Å². The van der Waals surface area contributed by atoms with Gasteiger partial charge in [0.1, 0.15) is 0 Å². The molecule has 5 heteroatoms. The first-order chi connectivity index (χ1) is 8.83. The number of nitrogens with one attached hydrogen (secondary N) is 1. The maximum atomic E-state index is 5.89. The molecule has 0 unspecified atom stereocenters. The smallest absolute Gasteiger partial charge is 0.153 e. The van der Waals surface area contributed by atoms with Crippen molar-refractivity contribution in [3.05, 3.63) is 40.8 Å². The number of hydrogen-bond donors (Lipinski definition) is 1. The van der Waals surface area contributed by atoms with Gasteiger partial charge in [-0.15, -0.1) is 0 Å². The molecule has 0 saturated heterocycles. The summed E-state index contributed by atoms with van der Waals surface area (Å²) in [5.74, 6) is 0.789. The molecule has 0 aliphatic heterocycles. The average Bonchev–Trinajstić information content (AvgIpc) is 2.72. The first-order valence-corrected chi connectivity index (χ1v) is 6.64. The fourth-order valence-corrected chi connectivity index (χ4v) is 1.87. The molecule has 0 bridgehead atoms. The number of halogens is 1. The van der Waals surface area contributed by atoms with Crippen LogP contribution in [-0.4, -0.2) is 20.3 Å². The van der Waals surface area contributed by atoms with Crippen molar-refractivity contribution >= 4 is 11.6 Å². The molecule has 0 aliphatic carbocycles. The third kappa shape index (κ3) is 4.04. The summed E-state index contributed by atoms with van der Waals surface area (Å²) in [4.78, 5) is 4.48. The van der Waals surface area contributed by atoms with E-state index >= 15 is 0 Å². The van der Waals surface area contributed by atoms with Crippen molar-refractivity contribution in [1.29, 1.82) is 0 Å². The van der Waals surface area contributed by atoms with Crippen LogP contribution in [0.5, 0.6) is 0 Å². The van der Waals surface area contributed by atoms with E-state index in [0.29, 0.717) is 5.02 Å². The molecule has 2 heterocycles. The molecule has 4 nitrogen and oxygen atoms in total. The van der Waals surface area contributed by atoms with E-state index in [1.165, 1.54) is 5.56 Å². The van der Waals surface area contributed by atoms with Gasteiger partial charge in [-0.05, 0) is 45.4 Å². The highest BCUT2D eigenvalue weighted by atomic mass is 35.5. The molecule has 0 atom stereocenters. The van der Waals surface area contributed by atoms with E-state index in [0.717, 1.165) is 18.1 Å². The number of aryl methyl sites for hydroxylation is 1. The Labute approximate surface area is 118 Å². The second kappa shape index (κ2) is 5.31. The standard InChI is InChI=1S/C14H19ClN4/c1-10-5-11(7-16-14(2,3)4)6-13(18-10)19-9-12(15)8-17-19/h5-6,8-9,16H,7H2,1-4H3. The molecule has 1 N–H and O–H groups in total. The fourth-order valence-electron chi connectivity index (χ4n) is 1.73. The predicted octanol–water partition coefficient (Wildman–Crippen LogP) is 3.12. The maximum Gasteiger partial charge on any atom is 0.153 e. The van der Waals surface area contributed by atoms with Crippen molar-refractivity contribution in [3.63, 3.8) is 0 Å². The van der Waals surface area contributed by atoms with Gasteiger partial charge in [-0.25, -0.2) is 9.67 Å². The van der Waals surface area contributed by atoms with E-state index in [1.807, 2.05) is 13.0 Å². The summed E-state index contributed by atoms with van der Waals surface area (Å²) in [5.41, 5.74) is 2.24. The maximum absolute atomic E-state index is 5.89. The molecule has 0 saturated carbocycles. The minimum Gasteiger partial charge on any atom is -0.308 e. The molecule has 0 amide bonds. The largest absolute Gasteiger partial charge is 0.308 e. The summed E-state index contributed by atoms with van der Waals surface area (Å²) >= 11 is 5.89. The molecular weight excluding hydrogens is 260 g/mol. The van der Waals surface area contributed by atoms with Gasteiger partial charge in [-0.3, -0.25) is 0 Å². The van der Waals surface area contributed by atoms with Crippen LogP contribution in [0, 0.1) is 6.92 Å². The monoisotopic (exact) mass is 278 g/mol. The fraction of sp³-hybridized carbons (Fsp3) is 0.429. The lowest BCUT2D eigenvalue weighted by Gasteiger charge is -2.20.